The minimum Gasteiger partial charge on any atom is -0.508 e. The van der Waals surface area contributed by atoms with Crippen molar-refractivity contribution >= 4 is 56.7 Å². The molecule has 1 aliphatic heterocycles. The van der Waals surface area contributed by atoms with E-state index in [0.29, 0.717) is 11.8 Å². The van der Waals surface area contributed by atoms with Crippen molar-refractivity contribution in [2.45, 2.75) is 25.3 Å². The Bertz CT molecular complexity index is 471. The van der Waals surface area contributed by atoms with Gasteiger partial charge in [-0.3, -0.25) is 4.90 Å². The Labute approximate surface area is 161 Å². The van der Waals surface area contributed by atoms with E-state index in [1.54, 1.807) is 0 Å². The molecule has 1 saturated heterocycles. The van der Waals surface area contributed by atoms with E-state index in [-0.39, 0.29) is 24.8 Å². The van der Waals surface area contributed by atoms with E-state index in [1.165, 1.54) is 12.8 Å². The van der Waals surface area contributed by atoms with Crippen LogP contribution < -0.4 is 5.32 Å². The second-order valence-corrected chi connectivity index (χ2v) is 7.57. The first kappa shape index (κ1) is 20.5. The summed E-state index contributed by atoms with van der Waals surface area (Å²) in [4.78, 5) is 2.52. The summed E-state index contributed by atoms with van der Waals surface area (Å²) in [5.74, 6) is 1.24. The molecular weight excluding hydrogens is 455 g/mol. The molecule has 1 aliphatic carbocycles. The molecule has 1 saturated carbocycles. The maximum absolute atomic E-state index is 10.4. The molecule has 0 radical (unpaired) electrons. The van der Waals surface area contributed by atoms with E-state index in [2.05, 4.69) is 42.1 Å². The highest BCUT2D eigenvalue weighted by molar-refractivity contribution is 9.11. The number of halogens is 4. The first-order valence-electron chi connectivity index (χ1n) is 7.28. The molecule has 1 aromatic rings. The number of phenols is 1. The minimum atomic E-state index is 0. The van der Waals surface area contributed by atoms with Gasteiger partial charge in [0.2, 0.25) is 0 Å². The maximum atomic E-state index is 10.4. The van der Waals surface area contributed by atoms with Gasteiger partial charge in [0.25, 0.3) is 0 Å². The summed E-state index contributed by atoms with van der Waals surface area (Å²) >= 11 is 7.09. The lowest BCUT2D eigenvalue weighted by Crippen LogP contribution is -2.45. The van der Waals surface area contributed by atoms with Crippen molar-refractivity contribution in [1.82, 2.24) is 10.2 Å². The van der Waals surface area contributed by atoms with E-state index >= 15 is 0 Å². The molecule has 3 rings (SSSR count). The summed E-state index contributed by atoms with van der Waals surface area (Å²) in [6.07, 6.45) is 3.85. The highest BCUT2D eigenvalue weighted by Crippen LogP contribution is 2.45. The van der Waals surface area contributed by atoms with Crippen molar-refractivity contribution in [3.63, 3.8) is 0 Å². The monoisotopic (exact) mass is 474 g/mol. The number of nitrogens with zero attached hydrogens (tertiary/aromatic N) is 1. The molecule has 3 nitrogen and oxygen atoms in total. The van der Waals surface area contributed by atoms with Crippen LogP contribution >= 0.6 is 56.7 Å². The third kappa shape index (κ3) is 4.99. The summed E-state index contributed by atoms with van der Waals surface area (Å²) < 4.78 is 1.92. The average molecular weight is 477 g/mol. The van der Waals surface area contributed by atoms with E-state index in [9.17, 15) is 5.11 Å². The highest BCUT2D eigenvalue weighted by Gasteiger charge is 2.32. The van der Waals surface area contributed by atoms with Crippen molar-refractivity contribution in [2.75, 3.05) is 26.2 Å². The minimum absolute atomic E-state index is 0. The molecule has 2 N–H and O–H groups in total. The molecule has 1 heterocycles. The number of nitrogens with one attached hydrogen (secondary N) is 1. The molecule has 7 heteroatoms. The Hall–Kier alpha value is 0.480. The van der Waals surface area contributed by atoms with Crippen molar-refractivity contribution in [3.8, 4) is 5.75 Å². The summed E-state index contributed by atoms with van der Waals surface area (Å²) in [6.45, 7) is 4.19. The van der Waals surface area contributed by atoms with Crippen LogP contribution in [-0.4, -0.2) is 36.2 Å². The maximum Gasteiger partial charge on any atom is 0.122 e. The lowest BCUT2D eigenvalue weighted by atomic mass is 9.97. The standard InChI is InChI=1S/C15H20Br2N2O.2ClH/c16-11-8-12(17)15(14(20)9-11)13(7-10-1-2-10)19-5-3-18-4-6-19;;/h8-10,13,18,20H,1-7H2;2*1H/t13-;;/m0../s1. The molecule has 0 unspecified atom stereocenters. The fourth-order valence-electron chi connectivity index (χ4n) is 3.01. The number of benzene rings is 1. The zero-order chi connectivity index (χ0) is 14.1. The molecule has 2 fully saturated rings. The van der Waals surface area contributed by atoms with Crippen LogP contribution in [0.3, 0.4) is 0 Å². The Kier molecular flexibility index (Phi) is 8.48. The van der Waals surface area contributed by atoms with Crippen LogP contribution in [0.25, 0.3) is 0 Å². The van der Waals surface area contributed by atoms with Gasteiger partial charge in [0.15, 0.2) is 0 Å². The van der Waals surface area contributed by atoms with Crippen LogP contribution in [0.5, 0.6) is 5.75 Å². The van der Waals surface area contributed by atoms with Gasteiger partial charge in [-0.1, -0.05) is 44.7 Å². The fraction of sp³-hybridized carbons (Fsp3) is 0.600. The number of piperazine rings is 1. The molecule has 126 valence electrons. The first-order chi connectivity index (χ1) is 9.65. The lowest BCUT2D eigenvalue weighted by Gasteiger charge is -2.36. The number of rotatable bonds is 4. The third-order valence-corrected chi connectivity index (χ3v) is 5.37. The largest absolute Gasteiger partial charge is 0.508 e. The zero-order valence-corrected chi connectivity index (χ0v) is 17.0. The molecule has 0 bridgehead atoms. The molecular formula is C15H22Br2Cl2N2O. The van der Waals surface area contributed by atoms with Gasteiger partial charge in [-0.15, -0.1) is 24.8 Å². The van der Waals surface area contributed by atoms with Crippen molar-refractivity contribution in [2.24, 2.45) is 5.92 Å². The second kappa shape index (κ2) is 9.09. The topological polar surface area (TPSA) is 35.5 Å². The van der Waals surface area contributed by atoms with Crippen molar-refractivity contribution in [3.05, 3.63) is 26.6 Å². The Morgan fingerprint density at radius 3 is 2.36 bits per heavy atom. The van der Waals surface area contributed by atoms with E-state index in [1.807, 2.05) is 12.1 Å². The number of phenolic OH excluding ortho intramolecular Hbond substituents is 1. The summed E-state index contributed by atoms with van der Waals surface area (Å²) in [7, 11) is 0. The summed E-state index contributed by atoms with van der Waals surface area (Å²) in [5.41, 5.74) is 1.06. The molecule has 1 aromatic carbocycles. The molecule has 22 heavy (non-hydrogen) atoms. The zero-order valence-electron chi connectivity index (χ0n) is 12.2. The quantitative estimate of drug-likeness (QED) is 0.671. The first-order valence-corrected chi connectivity index (χ1v) is 8.86. The van der Waals surface area contributed by atoms with Crippen molar-refractivity contribution < 1.29 is 5.11 Å². The Morgan fingerprint density at radius 2 is 1.82 bits per heavy atom. The molecule has 0 amide bonds. The van der Waals surface area contributed by atoms with Crippen LogP contribution in [0.15, 0.2) is 21.1 Å². The molecule has 0 spiro atoms. The fourth-order valence-corrected chi connectivity index (χ4v) is 4.48. The van der Waals surface area contributed by atoms with Crippen molar-refractivity contribution in [1.29, 1.82) is 0 Å². The lowest BCUT2D eigenvalue weighted by molar-refractivity contribution is 0.157. The van der Waals surface area contributed by atoms with E-state index < -0.39 is 0 Å². The Balaban J connectivity index is 0.00000121. The van der Waals surface area contributed by atoms with Crippen LogP contribution in [0.2, 0.25) is 0 Å². The van der Waals surface area contributed by atoms with Crippen LogP contribution in [-0.2, 0) is 0 Å². The predicted octanol–water partition coefficient (Wildman–Crippen LogP) is 4.51. The van der Waals surface area contributed by atoms with Gasteiger partial charge >= 0.3 is 0 Å². The number of aromatic hydroxyl groups is 1. The second-order valence-electron chi connectivity index (χ2n) is 5.80. The van der Waals surface area contributed by atoms with E-state index in [0.717, 1.165) is 53.0 Å². The number of hydrogen-bond acceptors (Lipinski definition) is 3. The van der Waals surface area contributed by atoms with Gasteiger partial charge in [-0.05, 0) is 24.5 Å². The SMILES string of the molecule is Cl.Cl.Oc1cc(Br)cc(Br)c1[C@H](CC1CC1)N1CCNCC1. The summed E-state index contributed by atoms with van der Waals surface area (Å²) in [6, 6.07) is 4.17. The van der Waals surface area contributed by atoms with Gasteiger partial charge in [0, 0.05) is 46.7 Å². The third-order valence-electron chi connectivity index (χ3n) is 4.25. The predicted molar refractivity (Wildman–Crippen MR) is 103 cm³/mol. The molecule has 1 atom stereocenters. The molecule has 2 aliphatic rings. The van der Waals surface area contributed by atoms with Gasteiger partial charge < -0.3 is 10.4 Å². The van der Waals surface area contributed by atoms with E-state index in [4.69, 9.17) is 0 Å². The Morgan fingerprint density at radius 1 is 1.18 bits per heavy atom. The summed E-state index contributed by atoms with van der Waals surface area (Å²) in [5, 5.41) is 13.8. The highest BCUT2D eigenvalue weighted by atomic mass is 79.9. The van der Waals surface area contributed by atoms with Crippen LogP contribution in [0, 0.1) is 5.92 Å². The normalized spacial score (nSPS) is 19.9. The van der Waals surface area contributed by atoms with Gasteiger partial charge in [-0.25, -0.2) is 0 Å². The van der Waals surface area contributed by atoms with Crippen LogP contribution in [0.4, 0.5) is 0 Å². The average Bonchev–Trinajstić information content (AvgIpc) is 3.21. The number of hydrogen-bond donors (Lipinski definition) is 2. The van der Waals surface area contributed by atoms with Gasteiger partial charge in [-0.2, -0.15) is 0 Å². The molecule has 0 aromatic heterocycles. The smallest absolute Gasteiger partial charge is 0.122 e. The van der Waals surface area contributed by atoms with Gasteiger partial charge in [0.1, 0.15) is 5.75 Å². The van der Waals surface area contributed by atoms with Crippen LogP contribution in [0.1, 0.15) is 30.9 Å². The van der Waals surface area contributed by atoms with Gasteiger partial charge in [0.05, 0.1) is 0 Å².